The van der Waals surface area contributed by atoms with Crippen LogP contribution in [0.25, 0.3) is 11.1 Å². The van der Waals surface area contributed by atoms with Crippen molar-refractivity contribution in [3.05, 3.63) is 59.2 Å². The monoisotopic (exact) mass is 562 g/mol. The predicted octanol–water partition coefficient (Wildman–Crippen LogP) is 3.76. The van der Waals surface area contributed by atoms with Crippen LogP contribution in [-0.4, -0.2) is 47.5 Å². The molecule has 1 aliphatic rings. The molecule has 3 rings (SSSR count). The van der Waals surface area contributed by atoms with Gasteiger partial charge in [-0.3, -0.25) is 9.59 Å². The van der Waals surface area contributed by atoms with Gasteiger partial charge < -0.3 is 17.2 Å². The molecule has 1 fully saturated rings. The van der Waals surface area contributed by atoms with Gasteiger partial charge in [0.25, 0.3) is 5.91 Å². The van der Waals surface area contributed by atoms with Gasteiger partial charge in [-0.05, 0) is 85.3 Å². The van der Waals surface area contributed by atoms with Crippen molar-refractivity contribution in [2.24, 2.45) is 5.92 Å². The fourth-order valence-electron chi connectivity index (χ4n) is 4.80. The maximum atomic E-state index is 12.8. The Balaban J connectivity index is 0.000000906. The largest absolute Gasteiger partial charge is 1.00 e. The topological polar surface area (TPSA) is 95.5 Å². The van der Waals surface area contributed by atoms with Gasteiger partial charge in [0.1, 0.15) is 6.04 Å². The first-order valence-corrected chi connectivity index (χ1v) is 15.7. The molecule has 1 atom stereocenters. The van der Waals surface area contributed by atoms with Gasteiger partial charge in [-0.25, -0.2) is 4.79 Å². The number of thioether (sulfide) groups is 1. The van der Waals surface area contributed by atoms with Crippen molar-refractivity contribution < 1.29 is 39.8 Å². The van der Waals surface area contributed by atoms with Gasteiger partial charge in [0.15, 0.2) is 0 Å². The van der Waals surface area contributed by atoms with Crippen molar-refractivity contribution in [1.29, 1.82) is 0 Å². The van der Waals surface area contributed by atoms with E-state index in [9.17, 15) is 19.5 Å². The van der Waals surface area contributed by atoms with Crippen LogP contribution >= 0.6 is 11.8 Å². The van der Waals surface area contributed by atoms with Gasteiger partial charge >= 0.3 is 24.8 Å². The van der Waals surface area contributed by atoms with Crippen LogP contribution in [0.5, 0.6) is 0 Å². The van der Waals surface area contributed by atoms with E-state index in [-0.39, 0.29) is 32.1 Å². The third kappa shape index (κ3) is 12.1. The van der Waals surface area contributed by atoms with Gasteiger partial charge in [-0.2, -0.15) is 11.8 Å². The third-order valence-corrected chi connectivity index (χ3v) is 7.82. The summed E-state index contributed by atoms with van der Waals surface area (Å²) in [5.74, 6) is 0.313. The van der Waals surface area contributed by atoms with Gasteiger partial charge in [-0.15, -0.1) is 0 Å². The Kier molecular flexibility index (Phi) is 17.7. The van der Waals surface area contributed by atoms with E-state index >= 15 is 0 Å². The standard InChI is InChI=1S/C21H25NO3S.C11H21NO.Li.H/c1-4-15-9-10-17(18(13-15)16-8-6-5-7-14(16)2)20(23)22-19(21(24)25)11-12-26-3;1-2-6-11(13)12-9-10-7-4-3-5-8-10;;/h5-10,13,19H,4,11-12H2,1-3H3,(H,22,23)(H,24,25);10H,2-9H2,1H3,(H,12,13);;/q;;+1;-1. The third-order valence-electron chi connectivity index (χ3n) is 7.18. The molecule has 8 heteroatoms. The molecule has 0 bridgehead atoms. The summed E-state index contributed by atoms with van der Waals surface area (Å²) in [6.45, 7) is 7.03. The first kappa shape index (κ1) is 35.8. The summed E-state index contributed by atoms with van der Waals surface area (Å²) in [7, 11) is 0. The molecule has 2 aromatic rings. The second-order valence-corrected chi connectivity index (χ2v) is 11.2. The van der Waals surface area contributed by atoms with Crippen LogP contribution < -0.4 is 29.5 Å². The number of hydrogen-bond acceptors (Lipinski definition) is 4. The van der Waals surface area contributed by atoms with E-state index in [4.69, 9.17) is 0 Å². The molecule has 216 valence electrons. The number of carbonyl (C=O) groups is 3. The normalized spacial score (nSPS) is 13.7. The van der Waals surface area contributed by atoms with Crippen LogP contribution in [0.2, 0.25) is 0 Å². The minimum atomic E-state index is -1.00. The zero-order valence-electron chi connectivity index (χ0n) is 26.1. The minimum Gasteiger partial charge on any atom is -1.00 e. The summed E-state index contributed by atoms with van der Waals surface area (Å²) >= 11 is 1.56. The molecule has 1 saturated carbocycles. The number of carbonyl (C=O) groups excluding carboxylic acids is 2. The van der Waals surface area contributed by atoms with Crippen molar-refractivity contribution in [3.63, 3.8) is 0 Å². The molecular formula is C32H47LiN2O4S. The summed E-state index contributed by atoms with van der Waals surface area (Å²) in [6.07, 6.45) is 11.5. The van der Waals surface area contributed by atoms with E-state index in [2.05, 4.69) is 17.6 Å². The minimum absolute atomic E-state index is 0. The summed E-state index contributed by atoms with van der Waals surface area (Å²) in [6, 6.07) is 12.8. The van der Waals surface area contributed by atoms with Crippen molar-refractivity contribution >= 4 is 29.5 Å². The predicted molar refractivity (Wildman–Crippen MR) is 163 cm³/mol. The van der Waals surface area contributed by atoms with E-state index < -0.39 is 12.0 Å². The molecule has 0 saturated heterocycles. The number of nitrogens with one attached hydrogen (secondary N) is 2. The van der Waals surface area contributed by atoms with Crippen molar-refractivity contribution in [2.75, 3.05) is 18.6 Å². The fraction of sp³-hybridized carbons (Fsp3) is 0.531. The smallest absolute Gasteiger partial charge is 1.00 e. The van der Waals surface area contributed by atoms with Gasteiger partial charge in [0.2, 0.25) is 5.91 Å². The van der Waals surface area contributed by atoms with E-state index in [0.29, 0.717) is 24.2 Å². The average molecular weight is 563 g/mol. The first-order chi connectivity index (χ1) is 18.8. The van der Waals surface area contributed by atoms with Crippen LogP contribution in [0.3, 0.4) is 0 Å². The number of aryl methyl sites for hydroxylation is 2. The number of amides is 2. The van der Waals surface area contributed by atoms with Gasteiger partial charge in [0.05, 0.1) is 0 Å². The second-order valence-electron chi connectivity index (χ2n) is 10.3. The first-order valence-electron chi connectivity index (χ1n) is 14.3. The quantitative estimate of drug-likeness (QED) is 0.343. The van der Waals surface area contributed by atoms with E-state index in [1.165, 1.54) is 32.1 Å². The SMILES string of the molecule is CCCC(=O)NCC1CCCCC1.CCc1ccc(C(=O)NC(CCSC)C(=O)O)c(-c2ccccc2C)c1.[H-].[Li+]. The molecule has 1 aliphatic carbocycles. The molecule has 40 heavy (non-hydrogen) atoms. The zero-order chi connectivity index (χ0) is 28.6. The Morgan fingerprint density at radius 1 is 1.05 bits per heavy atom. The summed E-state index contributed by atoms with van der Waals surface area (Å²) < 4.78 is 0. The molecule has 0 heterocycles. The second kappa shape index (κ2) is 19.8. The zero-order valence-corrected chi connectivity index (χ0v) is 25.9. The van der Waals surface area contributed by atoms with Crippen LogP contribution in [0.4, 0.5) is 0 Å². The summed E-state index contributed by atoms with van der Waals surface area (Å²) in [4.78, 5) is 35.5. The van der Waals surface area contributed by atoms with Crippen LogP contribution in [0.1, 0.15) is 88.1 Å². The molecule has 6 nitrogen and oxygen atoms in total. The Morgan fingerprint density at radius 2 is 1.75 bits per heavy atom. The van der Waals surface area contributed by atoms with Crippen molar-refractivity contribution in [2.45, 2.75) is 84.6 Å². The van der Waals surface area contributed by atoms with Crippen molar-refractivity contribution in [1.82, 2.24) is 10.6 Å². The molecule has 0 aliphatic heterocycles. The molecule has 1 unspecified atom stereocenters. The van der Waals surface area contributed by atoms with Gasteiger partial charge in [0, 0.05) is 18.5 Å². The Hall–Kier alpha value is -2.20. The summed E-state index contributed by atoms with van der Waals surface area (Å²) in [5.41, 5.74) is 4.55. The number of aliphatic carboxylic acids is 1. The molecular weight excluding hydrogens is 515 g/mol. The Morgan fingerprint density at radius 3 is 2.35 bits per heavy atom. The maximum absolute atomic E-state index is 12.8. The Labute approximate surface area is 258 Å². The molecule has 2 aromatic carbocycles. The molecule has 0 aromatic heterocycles. The Bertz CT molecular complexity index is 1080. The van der Waals surface area contributed by atoms with Crippen LogP contribution in [-0.2, 0) is 16.0 Å². The molecule has 3 N–H and O–H groups in total. The maximum Gasteiger partial charge on any atom is 1.00 e. The van der Waals surface area contributed by atoms with Gasteiger partial charge in [-0.1, -0.05) is 69.5 Å². The summed E-state index contributed by atoms with van der Waals surface area (Å²) in [5, 5.41) is 15.1. The number of carboxylic acids is 1. The fourth-order valence-corrected chi connectivity index (χ4v) is 5.27. The molecule has 2 amide bonds. The van der Waals surface area contributed by atoms with E-state index in [1.54, 1.807) is 17.8 Å². The number of carboxylic acid groups (broad SMARTS) is 1. The van der Waals surface area contributed by atoms with Crippen LogP contribution in [0.15, 0.2) is 42.5 Å². The average Bonchev–Trinajstić information content (AvgIpc) is 2.95. The number of hydrogen-bond donors (Lipinski definition) is 3. The van der Waals surface area contributed by atoms with E-state index in [1.807, 2.05) is 56.5 Å². The number of rotatable bonds is 12. The van der Waals surface area contributed by atoms with E-state index in [0.717, 1.165) is 47.6 Å². The molecule has 0 radical (unpaired) electrons. The number of benzene rings is 2. The molecule has 0 spiro atoms. The van der Waals surface area contributed by atoms with Crippen LogP contribution in [0, 0.1) is 12.8 Å². The van der Waals surface area contributed by atoms with Crippen molar-refractivity contribution in [3.8, 4) is 11.1 Å².